The summed E-state index contributed by atoms with van der Waals surface area (Å²) in [6.45, 7) is 4.43. The molecule has 3 aromatic carbocycles. The molecule has 0 atom stereocenters. The van der Waals surface area contributed by atoms with Crippen LogP contribution in [0.25, 0.3) is 0 Å². The molecule has 0 radical (unpaired) electrons. The molecule has 0 spiro atoms. The fraction of sp³-hybridized carbons (Fsp3) is 0.280. The highest BCUT2D eigenvalue weighted by Gasteiger charge is 2.00. The van der Waals surface area contributed by atoms with Crippen molar-refractivity contribution < 1.29 is 0 Å². The fourth-order valence-electron chi connectivity index (χ4n) is 3.25. The lowest BCUT2D eigenvalue weighted by Gasteiger charge is -2.07. The molecule has 0 aliphatic heterocycles. The van der Waals surface area contributed by atoms with Crippen molar-refractivity contribution in [2.75, 3.05) is 0 Å². The normalized spacial score (nSPS) is 10.8. The largest absolute Gasteiger partial charge is 0.0651 e. The number of rotatable bonds is 7. The summed E-state index contributed by atoms with van der Waals surface area (Å²) in [6.07, 6.45) is 5.51. The van der Waals surface area contributed by atoms with Gasteiger partial charge in [0.15, 0.2) is 0 Å². The molecule has 0 nitrogen and oxygen atoms in total. The first-order valence-corrected chi connectivity index (χ1v) is 9.50. The Kier molecular flexibility index (Phi) is 6.06. The maximum absolute atomic E-state index is 2.27. The van der Waals surface area contributed by atoms with E-state index in [4.69, 9.17) is 0 Å². The lowest BCUT2D eigenvalue weighted by atomic mass is 9.99. The smallest absolute Gasteiger partial charge is 0.00258 e. The molecule has 0 aromatic heterocycles. The van der Waals surface area contributed by atoms with Crippen LogP contribution in [-0.2, 0) is 25.7 Å². The second-order valence-corrected chi connectivity index (χ2v) is 6.91. The summed E-state index contributed by atoms with van der Waals surface area (Å²) in [4.78, 5) is 0. The SMILES string of the molecule is CCCc1ccc(Cc2ccc(Cc3ccc(CC)cc3)cc2)cc1. The quantitative estimate of drug-likeness (QED) is 0.472. The average molecular weight is 328 g/mol. The highest BCUT2D eigenvalue weighted by atomic mass is 14.1. The minimum absolute atomic E-state index is 1.01. The molecule has 0 heterocycles. The number of aryl methyl sites for hydroxylation is 2. The van der Waals surface area contributed by atoms with E-state index in [0.29, 0.717) is 0 Å². The van der Waals surface area contributed by atoms with Gasteiger partial charge in [-0.2, -0.15) is 0 Å². The molecule has 3 rings (SSSR count). The van der Waals surface area contributed by atoms with Gasteiger partial charge in [-0.1, -0.05) is 93.1 Å². The minimum Gasteiger partial charge on any atom is -0.0651 e. The van der Waals surface area contributed by atoms with Crippen LogP contribution in [0.1, 0.15) is 53.6 Å². The summed E-state index contributed by atoms with van der Waals surface area (Å²) in [5.41, 5.74) is 8.39. The summed E-state index contributed by atoms with van der Waals surface area (Å²) in [6, 6.07) is 27.2. The molecule has 3 aromatic rings. The molecule has 0 unspecified atom stereocenters. The fourth-order valence-corrected chi connectivity index (χ4v) is 3.25. The highest BCUT2D eigenvalue weighted by Crippen LogP contribution is 2.15. The van der Waals surface area contributed by atoms with Crippen molar-refractivity contribution >= 4 is 0 Å². The molecule has 0 heteroatoms. The monoisotopic (exact) mass is 328 g/mol. The molecule has 25 heavy (non-hydrogen) atoms. The third-order valence-electron chi connectivity index (χ3n) is 4.83. The molecule has 0 fully saturated rings. The molecular formula is C25H28. The number of hydrogen-bond acceptors (Lipinski definition) is 0. The van der Waals surface area contributed by atoms with Crippen molar-refractivity contribution in [1.29, 1.82) is 0 Å². The van der Waals surface area contributed by atoms with E-state index in [1.54, 1.807) is 0 Å². The average Bonchev–Trinajstić information content (AvgIpc) is 2.66. The van der Waals surface area contributed by atoms with Gasteiger partial charge >= 0.3 is 0 Å². The third-order valence-corrected chi connectivity index (χ3v) is 4.83. The molecule has 0 aliphatic rings. The molecule has 0 saturated carbocycles. The van der Waals surface area contributed by atoms with Gasteiger partial charge in [-0.3, -0.25) is 0 Å². The van der Waals surface area contributed by atoms with E-state index < -0.39 is 0 Å². The van der Waals surface area contributed by atoms with Crippen LogP contribution in [0.3, 0.4) is 0 Å². The van der Waals surface area contributed by atoms with E-state index in [-0.39, 0.29) is 0 Å². The Morgan fingerprint density at radius 2 is 0.760 bits per heavy atom. The van der Waals surface area contributed by atoms with Crippen LogP contribution in [0.4, 0.5) is 0 Å². The van der Waals surface area contributed by atoms with Crippen LogP contribution < -0.4 is 0 Å². The van der Waals surface area contributed by atoms with Gasteiger partial charge in [-0.15, -0.1) is 0 Å². The topological polar surface area (TPSA) is 0 Å². The Labute approximate surface area is 152 Å². The first-order chi connectivity index (χ1) is 12.3. The zero-order valence-corrected chi connectivity index (χ0v) is 15.5. The van der Waals surface area contributed by atoms with E-state index in [0.717, 1.165) is 19.3 Å². The van der Waals surface area contributed by atoms with Gasteiger partial charge in [-0.25, -0.2) is 0 Å². The Bertz CT molecular complexity index is 762. The first-order valence-electron chi connectivity index (χ1n) is 9.50. The molecule has 0 amide bonds. The van der Waals surface area contributed by atoms with Crippen LogP contribution in [0.5, 0.6) is 0 Å². The Hall–Kier alpha value is -2.34. The highest BCUT2D eigenvalue weighted by molar-refractivity contribution is 5.33. The van der Waals surface area contributed by atoms with Crippen molar-refractivity contribution in [3.63, 3.8) is 0 Å². The predicted molar refractivity (Wildman–Crippen MR) is 108 cm³/mol. The van der Waals surface area contributed by atoms with E-state index in [1.807, 2.05) is 0 Å². The van der Waals surface area contributed by atoms with Crippen molar-refractivity contribution in [3.05, 3.63) is 106 Å². The van der Waals surface area contributed by atoms with Gasteiger partial charge in [0.25, 0.3) is 0 Å². The van der Waals surface area contributed by atoms with Crippen LogP contribution >= 0.6 is 0 Å². The molecule has 0 bridgehead atoms. The summed E-state index contributed by atoms with van der Waals surface area (Å²) in [7, 11) is 0. The third kappa shape index (κ3) is 5.06. The van der Waals surface area contributed by atoms with Crippen LogP contribution in [0.15, 0.2) is 72.8 Å². The Balaban J connectivity index is 1.61. The zero-order valence-electron chi connectivity index (χ0n) is 15.5. The van der Waals surface area contributed by atoms with Gasteiger partial charge < -0.3 is 0 Å². The summed E-state index contributed by atoms with van der Waals surface area (Å²) in [5, 5.41) is 0. The molecule has 128 valence electrons. The maximum atomic E-state index is 2.27. The number of hydrogen-bond donors (Lipinski definition) is 0. The molecular weight excluding hydrogens is 300 g/mol. The van der Waals surface area contributed by atoms with Crippen molar-refractivity contribution in [2.24, 2.45) is 0 Å². The molecule has 0 N–H and O–H groups in total. The van der Waals surface area contributed by atoms with Crippen molar-refractivity contribution in [3.8, 4) is 0 Å². The lowest BCUT2D eigenvalue weighted by Crippen LogP contribution is -1.92. The maximum Gasteiger partial charge on any atom is -0.00258 e. The van der Waals surface area contributed by atoms with Crippen molar-refractivity contribution in [1.82, 2.24) is 0 Å². The Morgan fingerprint density at radius 1 is 0.440 bits per heavy atom. The van der Waals surface area contributed by atoms with Gasteiger partial charge in [0.1, 0.15) is 0 Å². The van der Waals surface area contributed by atoms with Crippen LogP contribution in [0, 0.1) is 0 Å². The molecule has 0 saturated heterocycles. The van der Waals surface area contributed by atoms with Gasteiger partial charge in [0, 0.05) is 0 Å². The standard InChI is InChI=1S/C25H28/c1-3-5-21-8-12-23(13-9-21)19-25-16-14-24(15-17-25)18-22-10-6-20(4-2)7-11-22/h6-17H,3-5,18-19H2,1-2H3. The zero-order chi connectivity index (χ0) is 17.5. The van der Waals surface area contributed by atoms with Crippen LogP contribution in [-0.4, -0.2) is 0 Å². The van der Waals surface area contributed by atoms with E-state index >= 15 is 0 Å². The number of benzene rings is 3. The van der Waals surface area contributed by atoms with E-state index in [9.17, 15) is 0 Å². The summed E-state index contributed by atoms with van der Waals surface area (Å²) in [5.74, 6) is 0. The second kappa shape index (κ2) is 8.67. The molecule has 0 aliphatic carbocycles. The Morgan fingerprint density at radius 3 is 1.08 bits per heavy atom. The summed E-state index contributed by atoms with van der Waals surface area (Å²) >= 11 is 0. The van der Waals surface area contributed by atoms with Gasteiger partial charge in [-0.05, 0) is 59.1 Å². The first kappa shape index (κ1) is 17.5. The second-order valence-electron chi connectivity index (χ2n) is 6.91. The van der Waals surface area contributed by atoms with E-state index in [2.05, 4.69) is 86.6 Å². The predicted octanol–water partition coefficient (Wildman–Crippen LogP) is 6.38. The van der Waals surface area contributed by atoms with Gasteiger partial charge in [0.05, 0.1) is 0 Å². The van der Waals surface area contributed by atoms with Gasteiger partial charge in [0.2, 0.25) is 0 Å². The minimum atomic E-state index is 1.01. The van der Waals surface area contributed by atoms with E-state index in [1.165, 1.54) is 46.2 Å². The summed E-state index contributed by atoms with van der Waals surface area (Å²) < 4.78 is 0. The lowest BCUT2D eigenvalue weighted by molar-refractivity contribution is 0.920. The van der Waals surface area contributed by atoms with Crippen molar-refractivity contribution in [2.45, 2.75) is 46.0 Å². The van der Waals surface area contributed by atoms with Crippen LogP contribution in [0.2, 0.25) is 0 Å².